The van der Waals surface area contributed by atoms with E-state index in [0.717, 1.165) is 5.76 Å². The summed E-state index contributed by atoms with van der Waals surface area (Å²) in [6.45, 7) is 6.29. The van der Waals surface area contributed by atoms with Crippen LogP contribution in [0.4, 0.5) is 0 Å². The average molecular weight is 137 g/mol. The lowest BCUT2D eigenvalue weighted by Crippen LogP contribution is -1.80. The van der Waals surface area contributed by atoms with Crippen molar-refractivity contribution in [3.05, 3.63) is 30.1 Å². The van der Waals surface area contributed by atoms with Gasteiger partial charge in [-0.25, -0.2) is 0 Å². The number of hydrogen-bond acceptors (Lipinski definition) is 1. The van der Waals surface area contributed by atoms with Gasteiger partial charge in [-0.3, -0.25) is 0 Å². The normalized spacial score (nSPS) is 10.8. The van der Waals surface area contributed by atoms with Crippen molar-refractivity contribution in [2.24, 2.45) is 0 Å². The molecule has 0 unspecified atom stereocenters. The molecular formula is C9H13O. The monoisotopic (exact) mass is 137 g/mol. The Labute approximate surface area is 62.1 Å². The summed E-state index contributed by atoms with van der Waals surface area (Å²) in [5, 5.41) is 0. The molecule has 1 aromatic rings. The Hall–Kier alpha value is -0.720. The molecule has 0 amide bonds. The fourth-order valence-corrected chi connectivity index (χ4v) is 0.823. The summed E-state index contributed by atoms with van der Waals surface area (Å²) in [6, 6.07) is 2.07. The minimum Gasteiger partial charge on any atom is -0.469 e. The van der Waals surface area contributed by atoms with E-state index in [4.69, 9.17) is 4.42 Å². The number of hydrogen-bond donors (Lipinski definition) is 0. The van der Waals surface area contributed by atoms with Gasteiger partial charge in [-0.2, -0.15) is 0 Å². The van der Waals surface area contributed by atoms with Crippen LogP contribution in [-0.2, 0) is 0 Å². The van der Waals surface area contributed by atoms with Gasteiger partial charge in [0.25, 0.3) is 0 Å². The highest BCUT2D eigenvalue weighted by atomic mass is 16.3. The molecule has 1 radical (unpaired) electrons. The maximum Gasteiger partial charge on any atom is 0.107 e. The van der Waals surface area contributed by atoms with Crippen LogP contribution in [0.25, 0.3) is 0 Å². The van der Waals surface area contributed by atoms with E-state index < -0.39 is 0 Å². The molecule has 1 aromatic heterocycles. The van der Waals surface area contributed by atoms with Crippen LogP contribution in [0.3, 0.4) is 0 Å². The van der Waals surface area contributed by atoms with Crippen molar-refractivity contribution in [3.8, 4) is 0 Å². The number of rotatable bonds is 2. The Morgan fingerprint density at radius 3 is 2.50 bits per heavy atom. The molecule has 0 fully saturated rings. The SMILES string of the molecule is C[CH]c1cc(C(C)C)co1. The third-order valence-corrected chi connectivity index (χ3v) is 1.59. The van der Waals surface area contributed by atoms with Crippen LogP contribution in [0.5, 0.6) is 0 Å². The van der Waals surface area contributed by atoms with Crippen LogP contribution in [0.2, 0.25) is 0 Å². The molecule has 1 nitrogen and oxygen atoms in total. The maximum absolute atomic E-state index is 5.22. The van der Waals surface area contributed by atoms with Gasteiger partial charge >= 0.3 is 0 Å². The quantitative estimate of drug-likeness (QED) is 0.610. The molecule has 0 N–H and O–H groups in total. The Bertz CT molecular complexity index is 198. The van der Waals surface area contributed by atoms with Crippen LogP contribution in [0, 0.1) is 6.42 Å². The van der Waals surface area contributed by atoms with Gasteiger partial charge in [-0.15, -0.1) is 0 Å². The molecule has 0 aliphatic rings. The van der Waals surface area contributed by atoms with E-state index >= 15 is 0 Å². The summed E-state index contributed by atoms with van der Waals surface area (Å²) in [5.41, 5.74) is 1.27. The van der Waals surface area contributed by atoms with E-state index in [-0.39, 0.29) is 0 Å². The second kappa shape index (κ2) is 2.91. The lowest BCUT2D eigenvalue weighted by Gasteiger charge is -1.95. The molecule has 55 valence electrons. The highest BCUT2D eigenvalue weighted by Gasteiger charge is 2.02. The largest absolute Gasteiger partial charge is 0.469 e. The molecule has 0 atom stereocenters. The summed E-state index contributed by atoms with van der Waals surface area (Å²) < 4.78 is 5.22. The Balaban J connectivity index is 2.78. The van der Waals surface area contributed by atoms with Crippen LogP contribution < -0.4 is 0 Å². The summed E-state index contributed by atoms with van der Waals surface area (Å²) in [7, 11) is 0. The van der Waals surface area contributed by atoms with Crippen molar-refractivity contribution in [3.63, 3.8) is 0 Å². The van der Waals surface area contributed by atoms with E-state index in [2.05, 4.69) is 19.9 Å². The molecule has 1 heterocycles. The molecule has 0 aromatic carbocycles. The van der Waals surface area contributed by atoms with Gasteiger partial charge in [-0.05, 0) is 17.5 Å². The summed E-state index contributed by atoms with van der Waals surface area (Å²) >= 11 is 0. The molecule has 0 spiro atoms. The van der Waals surface area contributed by atoms with Crippen LogP contribution in [-0.4, -0.2) is 0 Å². The standard InChI is InChI=1S/C9H13O/c1-4-9-5-8(6-10-9)7(2)3/h4-7H,1-3H3. The van der Waals surface area contributed by atoms with Gasteiger partial charge in [0.05, 0.1) is 6.26 Å². The van der Waals surface area contributed by atoms with Crippen LogP contribution >= 0.6 is 0 Å². The van der Waals surface area contributed by atoms with E-state index in [0.29, 0.717) is 5.92 Å². The van der Waals surface area contributed by atoms with E-state index in [1.165, 1.54) is 5.56 Å². The predicted octanol–water partition coefficient (Wildman–Crippen LogP) is 2.98. The Morgan fingerprint density at radius 2 is 2.20 bits per heavy atom. The molecule has 1 rings (SSSR count). The fourth-order valence-electron chi connectivity index (χ4n) is 0.823. The molecule has 0 aliphatic carbocycles. The molecule has 0 saturated heterocycles. The first kappa shape index (κ1) is 7.39. The first-order chi connectivity index (χ1) is 4.74. The van der Waals surface area contributed by atoms with Crippen molar-refractivity contribution in [1.29, 1.82) is 0 Å². The van der Waals surface area contributed by atoms with Gasteiger partial charge in [0.2, 0.25) is 0 Å². The summed E-state index contributed by atoms with van der Waals surface area (Å²) in [4.78, 5) is 0. The molecule has 0 saturated carbocycles. The van der Waals surface area contributed by atoms with Gasteiger partial charge < -0.3 is 4.42 Å². The zero-order valence-corrected chi connectivity index (χ0v) is 6.72. The highest BCUT2D eigenvalue weighted by molar-refractivity contribution is 5.19. The fraction of sp³-hybridized carbons (Fsp3) is 0.444. The second-order valence-corrected chi connectivity index (χ2v) is 2.73. The van der Waals surface area contributed by atoms with Crippen molar-refractivity contribution in [2.75, 3.05) is 0 Å². The minimum atomic E-state index is 0.567. The lowest BCUT2D eigenvalue weighted by molar-refractivity contribution is 0.536. The predicted molar refractivity (Wildman–Crippen MR) is 41.9 cm³/mol. The Morgan fingerprint density at radius 1 is 1.50 bits per heavy atom. The molecule has 0 bridgehead atoms. The van der Waals surface area contributed by atoms with Gasteiger partial charge in [0.1, 0.15) is 5.76 Å². The third-order valence-electron chi connectivity index (χ3n) is 1.59. The van der Waals surface area contributed by atoms with Crippen molar-refractivity contribution < 1.29 is 4.42 Å². The van der Waals surface area contributed by atoms with Crippen molar-refractivity contribution in [2.45, 2.75) is 26.7 Å². The van der Waals surface area contributed by atoms with E-state index in [1.54, 1.807) is 0 Å². The van der Waals surface area contributed by atoms with Crippen molar-refractivity contribution >= 4 is 0 Å². The van der Waals surface area contributed by atoms with E-state index in [9.17, 15) is 0 Å². The zero-order chi connectivity index (χ0) is 7.56. The van der Waals surface area contributed by atoms with Crippen molar-refractivity contribution in [1.82, 2.24) is 0 Å². The smallest absolute Gasteiger partial charge is 0.107 e. The first-order valence-electron chi connectivity index (χ1n) is 3.62. The summed E-state index contributed by atoms with van der Waals surface area (Å²) in [5.74, 6) is 1.53. The lowest BCUT2D eigenvalue weighted by atomic mass is 10.1. The van der Waals surface area contributed by atoms with Crippen LogP contribution in [0.1, 0.15) is 38.0 Å². The second-order valence-electron chi connectivity index (χ2n) is 2.73. The molecule has 1 heteroatoms. The first-order valence-corrected chi connectivity index (χ1v) is 3.62. The molecule has 10 heavy (non-hydrogen) atoms. The van der Waals surface area contributed by atoms with Gasteiger partial charge in [0.15, 0.2) is 0 Å². The molecular weight excluding hydrogens is 124 g/mol. The molecule has 0 aliphatic heterocycles. The zero-order valence-electron chi connectivity index (χ0n) is 6.72. The Kier molecular flexibility index (Phi) is 2.15. The minimum absolute atomic E-state index is 0.567. The third kappa shape index (κ3) is 1.41. The van der Waals surface area contributed by atoms with Gasteiger partial charge in [0, 0.05) is 6.42 Å². The maximum atomic E-state index is 5.22. The van der Waals surface area contributed by atoms with Gasteiger partial charge in [-0.1, -0.05) is 20.8 Å². The highest BCUT2D eigenvalue weighted by Crippen LogP contribution is 2.17. The van der Waals surface area contributed by atoms with E-state index in [1.807, 2.05) is 19.6 Å². The number of furan rings is 1. The van der Waals surface area contributed by atoms with Crippen LogP contribution in [0.15, 0.2) is 16.7 Å². The topological polar surface area (TPSA) is 13.1 Å². The average Bonchev–Trinajstić information content (AvgIpc) is 2.34. The summed E-state index contributed by atoms with van der Waals surface area (Å²) in [6.07, 6.45) is 3.78.